The highest BCUT2D eigenvalue weighted by Crippen LogP contribution is 2.20. The van der Waals surface area contributed by atoms with E-state index in [-0.39, 0.29) is 0 Å². The van der Waals surface area contributed by atoms with Crippen LogP contribution in [0.1, 0.15) is 59.3 Å². The zero-order valence-corrected chi connectivity index (χ0v) is 13.2. The third kappa shape index (κ3) is 7.01. The quantitative estimate of drug-likeness (QED) is 0.653. The molecule has 3 atom stereocenters. The van der Waals surface area contributed by atoms with E-state index < -0.39 is 0 Å². The molecule has 0 amide bonds. The number of hydrogen-bond donors (Lipinski definition) is 1. The van der Waals surface area contributed by atoms with Gasteiger partial charge in [-0.3, -0.25) is 0 Å². The molecule has 108 valence electrons. The van der Waals surface area contributed by atoms with Gasteiger partial charge in [-0.25, -0.2) is 0 Å². The van der Waals surface area contributed by atoms with Crippen molar-refractivity contribution < 1.29 is 4.74 Å². The molecule has 0 spiro atoms. The van der Waals surface area contributed by atoms with E-state index in [9.17, 15) is 0 Å². The lowest BCUT2D eigenvalue weighted by Crippen LogP contribution is -2.31. The Hall–Kier alpha value is 0.270. The van der Waals surface area contributed by atoms with Gasteiger partial charge in [0.15, 0.2) is 0 Å². The van der Waals surface area contributed by atoms with Gasteiger partial charge in [0, 0.05) is 23.7 Å². The number of nitrogens with one attached hydrogen (secondary N) is 1. The second kappa shape index (κ2) is 10.1. The first-order valence-electron chi connectivity index (χ1n) is 7.72. The molecule has 0 aliphatic carbocycles. The van der Waals surface area contributed by atoms with E-state index in [4.69, 9.17) is 4.74 Å². The lowest BCUT2D eigenvalue weighted by Gasteiger charge is -2.20. The Balaban J connectivity index is 2.11. The molecule has 3 heteroatoms. The topological polar surface area (TPSA) is 21.3 Å². The van der Waals surface area contributed by atoms with E-state index >= 15 is 0 Å². The first-order chi connectivity index (χ1) is 8.76. The molecular formula is C15H31NOS. The monoisotopic (exact) mass is 273 g/mol. The maximum absolute atomic E-state index is 5.68. The lowest BCUT2D eigenvalue weighted by molar-refractivity contribution is 0.101. The number of hydrogen-bond acceptors (Lipinski definition) is 3. The van der Waals surface area contributed by atoms with E-state index in [1.54, 1.807) is 0 Å². The van der Waals surface area contributed by atoms with Crippen molar-refractivity contribution in [3.05, 3.63) is 0 Å². The summed E-state index contributed by atoms with van der Waals surface area (Å²) >= 11 is 2.11. The van der Waals surface area contributed by atoms with Gasteiger partial charge in [-0.2, -0.15) is 11.8 Å². The molecule has 1 aliphatic heterocycles. The third-order valence-electron chi connectivity index (χ3n) is 3.75. The van der Waals surface area contributed by atoms with Gasteiger partial charge in [0.1, 0.15) is 0 Å². The number of thioether (sulfide) groups is 1. The number of rotatable bonds is 10. The van der Waals surface area contributed by atoms with E-state index in [1.807, 2.05) is 0 Å². The van der Waals surface area contributed by atoms with Gasteiger partial charge in [0.05, 0.1) is 6.10 Å². The molecule has 0 bridgehead atoms. The molecule has 2 nitrogen and oxygen atoms in total. The van der Waals surface area contributed by atoms with Gasteiger partial charge in [-0.15, -0.1) is 0 Å². The Labute approximate surface area is 118 Å². The van der Waals surface area contributed by atoms with E-state index in [1.165, 1.54) is 44.3 Å². The van der Waals surface area contributed by atoms with E-state index in [0.717, 1.165) is 18.4 Å². The predicted octanol–water partition coefficient (Wildman–Crippen LogP) is 3.85. The highest BCUT2D eigenvalue weighted by molar-refractivity contribution is 7.99. The van der Waals surface area contributed by atoms with Crippen molar-refractivity contribution in [1.82, 2.24) is 5.32 Å². The summed E-state index contributed by atoms with van der Waals surface area (Å²) in [5.74, 6) is 1.26. The third-order valence-corrected chi connectivity index (χ3v) is 5.25. The Morgan fingerprint density at radius 2 is 2.22 bits per heavy atom. The van der Waals surface area contributed by atoms with Crippen molar-refractivity contribution in [3.63, 3.8) is 0 Å². The molecule has 1 fully saturated rings. The Morgan fingerprint density at radius 3 is 2.83 bits per heavy atom. The fourth-order valence-electron chi connectivity index (χ4n) is 2.40. The molecule has 3 unspecified atom stereocenters. The Kier molecular flexibility index (Phi) is 9.16. The standard InChI is InChI=1S/C15H31NOS/c1-4-13(3)18-12-14(16-5-2)8-6-9-15-10-7-11-17-15/h13-16H,4-12H2,1-3H3. The van der Waals surface area contributed by atoms with Crippen LogP contribution in [0.15, 0.2) is 0 Å². The van der Waals surface area contributed by atoms with E-state index in [0.29, 0.717) is 12.1 Å². The minimum absolute atomic E-state index is 0.564. The van der Waals surface area contributed by atoms with Crippen LogP contribution in [0, 0.1) is 0 Å². The zero-order chi connectivity index (χ0) is 13.2. The molecule has 1 N–H and O–H groups in total. The van der Waals surface area contributed by atoms with Crippen LogP contribution in [-0.2, 0) is 4.74 Å². The normalized spacial score (nSPS) is 23.2. The predicted molar refractivity (Wildman–Crippen MR) is 82.5 cm³/mol. The van der Waals surface area contributed by atoms with Gasteiger partial charge in [-0.1, -0.05) is 20.8 Å². The maximum atomic E-state index is 5.68. The summed E-state index contributed by atoms with van der Waals surface area (Å²) in [6.45, 7) is 8.90. The van der Waals surface area contributed by atoms with Gasteiger partial charge >= 0.3 is 0 Å². The van der Waals surface area contributed by atoms with Crippen LogP contribution in [0.4, 0.5) is 0 Å². The first kappa shape index (κ1) is 16.3. The highest BCUT2D eigenvalue weighted by atomic mass is 32.2. The molecule has 1 aliphatic rings. The average molecular weight is 273 g/mol. The summed E-state index contributed by atoms with van der Waals surface area (Å²) in [7, 11) is 0. The van der Waals surface area contributed by atoms with Crippen molar-refractivity contribution in [2.75, 3.05) is 18.9 Å². The van der Waals surface area contributed by atoms with Gasteiger partial charge in [0.25, 0.3) is 0 Å². The van der Waals surface area contributed by atoms with Crippen LogP contribution in [0.3, 0.4) is 0 Å². The second-order valence-corrected chi connectivity index (χ2v) is 6.84. The summed E-state index contributed by atoms with van der Waals surface area (Å²) in [5, 5.41) is 4.42. The second-order valence-electron chi connectivity index (χ2n) is 5.37. The smallest absolute Gasteiger partial charge is 0.0576 e. The van der Waals surface area contributed by atoms with Crippen LogP contribution in [0.5, 0.6) is 0 Å². The minimum Gasteiger partial charge on any atom is -0.378 e. The van der Waals surface area contributed by atoms with Crippen molar-refractivity contribution in [2.45, 2.75) is 76.7 Å². The van der Waals surface area contributed by atoms with E-state index in [2.05, 4.69) is 37.8 Å². The summed E-state index contributed by atoms with van der Waals surface area (Å²) in [6.07, 6.45) is 8.27. The van der Waals surface area contributed by atoms with Crippen LogP contribution < -0.4 is 5.32 Å². The van der Waals surface area contributed by atoms with Crippen LogP contribution >= 0.6 is 11.8 Å². The number of ether oxygens (including phenoxy) is 1. The zero-order valence-electron chi connectivity index (χ0n) is 12.4. The molecule has 1 saturated heterocycles. The van der Waals surface area contributed by atoms with Crippen LogP contribution in [0.25, 0.3) is 0 Å². The Morgan fingerprint density at radius 1 is 1.39 bits per heavy atom. The molecule has 0 saturated carbocycles. The van der Waals surface area contributed by atoms with Crippen molar-refractivity contribution >= 4 is 11.8 Å². The van der Waals surface area contributed by atoms with Crippen LogP contribution in [0.2, 0.25) is 0 Å². The summed E-state index contributed by atoms with van der Waals surface area (Å²) in [6, 6.07) is 0.690. The minimum atomic E-state index is 0.564. The van der Waals surface area contributed by atoms with Crippen molar-refractivity contribution in [3.8, 4) is 0 Å². The van der Waals surface area contributed by atoms with Crippen molar-refractivity contribution in [1.29, 1.82) is 0 Å². The molecule has 0 aromatic carbocycles. The van der Waals surface area contributed by atoms with Crippen molar-refractivity contribution in [2.24, 2.45) is 0 Å². The molecule has 0 aromatic heterocycles. The average Bonchev–Trinajstić information content (AvgIpc) is 2.88. The van der Waals surface area contributed by atoms with Crippen LogP contribution in [-0.4, -0.2) is 36.3 Å². The molecule has 0 radical (unpaired) electrons. The molecular weight excluding hydrogens is 242 g/mol. The summed E-state index contributed by atoms with van der Waals surface area (Å²) < 4.78 is 5.68. The molecule has 18 heavy (non-hydrogen) atoms. The van der Waals surface area contributed by atoms with Gasteiger partial charge in [-0.05, 0) is 45.1 Å². The van der Waals surface area contributed by atoms with Gasteiger partial charge in [0.2, 0.25) is 0 Å². The first-order valence-corrected chi connectivity index (χ1v) is 8.77. The lowest BCUT2D eigenvalue weighted by atomic mass is 10.1. The summed E-state index contributed by atoms with van der Waals surface area (Å²) in [4.78, 5) is 0. The molecule has 1 heterocycles. The van der Waals surface area contributed by atoms with Gasteiger partial charge < -0.3 is 10.1 Å². The fourth-order valence-corrected chi connectivity index (χ4v) is 3.48. The molecule has 1 rings (SSSR count). The highest BCUT2D eigenvalue weighted by Gasteiger charge is 2.16. The summed E-state index contributed by atoms with van der Waals surface area (Å²) in [5.41, 5.74) is 0. The SMILES string of the molecule is CCNC(CCCC1CCCO1)CSC(C)CC. The fraction of sp³-hybridized carbons (Fsp3) is 1.00. The molecule has 0 aromatic rings. The largest absolute Gasteiger partial charge is 0.378 e. The maximum Gasteiger partial charge on any atom is 0.0576 e. The Bertz CT molecular complexity index is 195.